The Hall–Kier alpha value is -1.93. The van der Waals surface area contributed by atoms with Crippen LogP contribution in [0.3, 0.4) is 0 Å². The monoisotopic (exact) mass is 357 g/mol. The van der Waals surface area contributed by atoms with Crippen LogP contribution in [0.15, 0.2) is 6.07 Å². The predicted molar refractivity (Wildman–Crippen MR) is 86.3 cm³/mol. The van der Waals surface area contributed by atoms with E-state index in [0.717, 1.165) is 0 Å². The van der Waals surface area contributed by atoms with Gasteiger partial charge in [-0.25, -0.2) is 19.6 Å². The van der Waals surface area contributed by atoms with Crippen LogP contribution >= 0.6 is 11.6 Å². The molecule has 2 atom stereocenters. The average molecular weight is 358 g/mol. The zero-order valence-electron chi connectivity index (χ0n) is 14.2. The van der Waals surface area contributed by atoms with Crippen LogP contribution in [-0.4, -0.2) is 53.5 Å². The van der Waals surface area contributed by atoms with Gasteiger partial charge in [-0.1, -0.05) is 0 Å². The van der Waals surface area contributed by atoms with Gasteiger partial charge in [-0.05, 0) is 39.3 Å². The number of amides is 1. The Morgan fingerprint density at radius 3 is 2.71 bits per heavy atom. The lowest BCUT2D eigenvalue weighted by molar-refractivity contribution is -0.0618. The van der Waals surface area contributed by atoms with Crippen LogP contribution in [0.25, 0.3) is 0 Å². The summed E-state index contributed by atoms with van der Waals surface area (Å²) in [6.07, 6.45) is -0.915. The molecule has 0 bridgehead atoms. The van der Waals surface area contributed by atoms with Crippen LogP contribution < -0.4 is 4.90 Å². The molecule has 0 N–H and O–H groups in total. The van der Waals surface area contributed by atoms with Crippen LogP contribution in [0.4, 0.5) is 10.6 Å². The number of ether oxygens (including phenoxy) is 3. The summed E-state index contributed by atoms with van der Waals surface area (Å²) >= 11 is 5.87. The van der Waals surface area contributed by atoms with Crippen molar-refractivity contribution >= 4 is 29.5 Å². The van der Waals surface area contributed by atoms with Crippen molar-refractivity contribution in [1.29, 1.82) is 0 Å². The van der Waals surface area contributed by atoms with Crippen molar-refractivity contribution in [3.05, 3.63) is 17.0 Å². The van der Waals surface area contributed by atoms with E-state index in [-0.39, 0.29) is 29.5 Å². The van der Waals surface area contributed by atoms with Crippen molar-refractivity contribution in [1.82, 2.24) is 9.97 Å². The molecular weight excluding hydrogens is 338 g/mol. The highest BCUT2D eigenvalue weighted by Gasteiger charge is 2.40. The largest absolute Gasteiger partial charge is 0.464 e. The molecule has 2 heterocycles. The van der Waals surface area contributed by atoms with Crippen LogP contribution in [0.1, 0.15) is 38.2 Å². The molecule has 1 saturated heterocycles. The second kappa shape index (κ2) is 6.90. The fraction of sp³-hybridized carbons (Fsp3) is 0.600. The molecule has 0 radical (unpaired) electrons. The molecule has 1 fully saturated rings. The molecule has 9 heteroatoms. The minimum absolute atomic E-state index is 0.0460. The maximum atomic E-state index is 12.1. The van der Waals surface area contributed by atoms with Crippen molar-refractivity contribution < 1.29 is 23.8 Å². The Kier molecular flexibility index (Phi) is 5.29. The number of carbonyl (C=O) groups excluding carboxylic acids is 2. The second-order valence-corrected chi connectivity index (χ2v) is 6.66. The summed E-state index contributed by atoms with van der Waals surface area (Å²) in [5.41, 5.74) is -0.438. The highest BCUT2D eigenvalue weighted by Crippen LogP contribution is 2.27. The summed E-state index contributed by atoms with van der Waals surface area (Å²) in [5.74, 6) is -0.518. The lowest BCUT2D eigenvalue weighted by Crippen LogP contribution is -2.45. The molecule has 1 aliphatic rings. The third-order valence-corrected chi connectivity index (χ3v) is 3.48. The third kappa shape index (κ3) is 4.12. The first-order valence-electron chi connectivity index (χ1n) is 7.39. The van der Waals surface area contributed by atoms with E-state index in [2.05, 4.69) is 14.7 Å². The molecule has 0 aliphatic carbocycles. The summed E-state index contributed by atoms with van der Waals surface area (Å²) < 4.78 is 15.7. The van der Waals surface area contributed by atoms with Gasteiger partial charge in [0.2, 0.25) is 5.28 Å². The van der Waals surface area contributed by atoms with Gasteiger partial charge in [0.05, 0.1) is 18.8 Å². The van der Waals surface area contributed by atoms with E-state index < -0.39 is 23.7 Å². The molecule has 0 aromatic carbocycles. The van der Waals surface area contributed by atoms with E-state index in [0.29, 0.717) is 0 Å². The van der Waals surface area contributed by atoms with Gasteiger partial charge in [-0.15, -0.1) is 0 Å². The van der Waals surface area contributed by atoms with E-state index in [9.17, 15) is 9.59 Å². The van der Waals surface area contributed by atoms with E-state index >= 15 is 0 Å². The number of rotatable bonds is 4. The summed E-state index contributed by atoms with van der Waals surface area (Å²) in [4.78, 5) is 33.0. The molecule has 132 valence electrons. The molecule has 1 amide bonds. The van der Waals surface area contributed by atoms with Crippen molar-refractivity contribution in [3.8, 4) is 0 Å². The zero-order valence-corrected chi connectivity index (χ0v) is 15.0. The maximum Gasteiger partial charge on any atom is 0.416 e. The molecule has 0 spiro atoms. The van der Waals surface area contributed by atoms with E-state index in [1.54, 1.807) is 0 Å². The molecule has 2 rings (SSSR count). The minimum atomic E-state index is -0.677. The fourth-order valence-electron chi connectivity index (χ4n) is 2.42. The van der Waals surface area contributed by atoms with E-state index in [1.807, 2.05) is 27.7 Å². The first-order valence-corrected chi connectivity index (χ1v) is 7.77. The normalized spacial score (nSPS) is 19.2. The third-order valence-electron chi connectivity index (χ3n) is 3.31. The Morgan fingerprint density at radius 2 is 2.12 bits per heavy atom. The van der Waals surface area contributed by atoms with Gasteiger partial charge in [0.15, 0.2) is 5.69 Å². The Morgan fingerprint density at radius 1 is 1.46 bits per heavy atom. The molecule has 1 unspecified atom stereocenters. The Bertz CT molecular complexity index is 646. The number of halogens is 1. The number of esters is 1. The second-order valence-electron chi connectivity index (χ2n) is 6.32. The highest BCUT2D eigenvalue weighted by molar-refractivity contribution is 6.28. The molecule has 24 heavy (non-hydrogen) atoms. The lowest BCUT2D eigenvalue weighted by atomic mass is 10.1. The van der Waals surface area contributed by atoms with Gasteiger partial charge in [0.25, 0.3) is 0 Å². The standard InChI is InChI=1S/C15H20ClN3O5/c1-8(24-15(2,3)4)10-7-23-14(21)19(10)11-6-9(12(20)22-5)17-13(16)18-11/h6,8,10H,7H2,1-5H3/t8-,10?/m1/s1. The van der Waals surface area contributed by atoms with Gasteiger partial charge < -0.3 is 14.2 Å². The number of anilines is 1. The first kappa shape index (κ1) is 18.4. The van der Waals surface area contributed by atoms with Gasteiger partial charge in [-0.3, -0.25) is 4.90 Å². The predicted octanol–water partition coefficient (Wildman–Crippen LogP) is 2.45. The summed E-state index contributed by atoms with van der Waals surface area (Å²) in [7, 11) is 1.23. The molecule has 1 aliphatic heterocycles. The van der Waals surface area contributed by atoms with Gasteiger partial charge in [0, 0.05) is 6.07 Å². The quantitative estimate of drug-likeness (QED) is 0.603. The van der Waals surface area contributed by atoms with Crippen molar-refractivity contribution in [3.63, 3.8) is 0 Å². The SMILES string of the molecule is COC(=O)c1cc(N2C(=O)OCC2[C@@H](C)OC(C)(C)C)nc(Cl)n1. The Balaban J connectivity index is 2.35. The number of aromatic nitrogens is 2. The molecule has 8 nitrogen and oxygen atoms in total. The van der Waals surface area contributed by atoms with E-state index in [4.69, 9.17) is 21.1 Å². The molecular formula is C15H20ClN3O5. The van der Waals surface area contributed by atoms with E-state index in [1.165, 1.54) is 18.1 Å². The lowest BCUT2D eigenvalue weighted by Gasteiger charge is -2.31. The smallest absolute Gasteiger partial charge is 0.416 e. The average Bonchev–Trinajstić information content (AvgIpc) is 2.86. The van der Waals surface area contributed by atoms with Crippen LogP contribution in [0.5, 0.6) is 0 Å². The van der Waals surface area contributed by atoms with Crippen LogP contribution in [0.2, 0.25) is 5.28 Å². The zero-order chi connectivity index (χ0) is 18.1. The molecule has 1 aromatic rings. The van der Waals surface area contributed by atoms with Crippen molar-refractivity contribution in [2.45, 2.75) is 45.4 Å². The summed E-state index contributed by atoms with van der Waals surface area (Å²) in [6.45, 7) is 7.74. The summed E-state index contributed by atoms with van der Waals surface area (Å²) in [6, 6.07) is 0.925. The fourth-order valence-corrected chi connectivity index (χ4v) is 2.60. The number of methoxy groups -OCH3 is 1. The van der Waals surface area contributed by atoms with Gasteiger partial charge >= 0.3 is 12.1 Å². The minimum Gasteiger partial charge on any atom is -0.464 e. The highest BCUT2D eigenvalue weighted by atomic mass is 35.5. The first-order chi connectivity index (χ1) is 11.1. The number of hydrogen-bond acceptors (Lipinski definition) is 7. The molecule has 1 aromatic heterocycles. The summed E-state index contributed by atoms with van der Waals surface area (Å²) in [5, 5.41) is -0.171. The Labute approximate surface area is 145 Å². The number of cyclic esters (lactones) is 1. The van der Waals surface area contributed by atoms with Gasteiger partial charge in [0.1, 0.15) is 18.5 Å². The number of nitrogens with zero attached hydrogens (tertiary/aromatic N) is 3. The van der Waals surface area contributed by atoms with Gasteiger partial charge in [-0.2, -0.15) is 0 Å². The topological polar surface area (TPSA) is 90.9 Å². The maximum absolute atomic E-state index is 12.1. The number of carbonyl (C=O) groups is 2. The van der Waals surface area contributed by atoms with Crippen molar-refractivity contribution in [2.24, 2.45) is 0 Å². The number of hydrogen-bond donors (Lipinski definition) is 0. The van der Waals surface area contributed by atoms with Crippen molar-refractivity contribution in [2.75, 3.05) is 18.6 Å². The van der Waals surface area contributed by atoms with Crippen LogP contribution in [-0.2, 0) is 14.2 Å². The van der Waals surface area contributed by atoms with Crippen LogP contribution in [0, 0.1) is 0 Å². The molecule has 0 saturated carbocycles.